The number of nitrogens with two attached hydrogens (primary N) is 1. The zero-order valence-electron chi connectivity index (χ0n) is 11.8. The van der Waals surface area contributed by atoms with Crippen molar-refractivity contribution in [1.29, 1.82) is 0 Å². The molecule has 0 spiro atoms. The Bertz CT molecular complexity index is 576. The Morgan fingerprint density at radius 2 is 1.90 bits per heavy atom. The smallest absolute Gasteiger partial charge is 0.407 e. The molecule has 0 unspecified atom stereocenters. The fraction of sp³-hybridized carbons (Fsp3) is 0.462. The highest BCUT2D eigenvalue weighted by atomic mass is 32.2. The van der Waals surface area contributed by atoms with E-state index in [2.05, 4.69) is 5.32 Å². The quantitative estimate of drug-likeness (QED) is 0.880. The van der Waals surface area contributed by atoms with E-state index in [1.165, 1.54) is 0 Å². The molecule has 0 aliphatic heterocycles. The van der Waals surface area contributed by atoms with Crippen molar-refractivity contribution >= 4 is 16.1 Å². The predicted molar refractivity (Wildman–Crippen MR) is 76.3 cm³/mol. The minimum atomic E-state index is -3.56. The molecule has 1 rings (SSSR count). The molecular formula is C13H20N2O4S. The fourth-order valence-electron chi connectivity index (χ4n) is 1.55. The van der Waals surface area contributed by atoms with E-state index in [4.69, 9.17) is 9.88 Å². The van der Waals surface area contributed by atoms with Crippen molar-refractivity contribution < 1.29 is 17.9 Å². The van der Waals surface area contributed by atoms with Gasteiger partial charge in [-0.2, -0.15) is 0 Å². The Morgan fingerprint density at radius 3 is 2.45 bits per heavy atom. The highest BCUT2D eigenvalue weighted by Crippen LogP contribution is 2.09. The number of hydrogen-bond donors (Lipinski definition) is 2. The monoisotopic (exact) mass is 300 g/mol. The van der Waals surface area contributed by atoms with E-state index in [1.54, 1.807) is 45.0 Å². The number of nitrogens with one attached hydrogen (secondary N) is 1. The number of carbonyl (C=O) groups excluding carboxylic acids is 1. The van der Waals surface area contributed by atoms with Gasteiger partial charge in [-0.1, -0.05) is 24.3 Å². The van der Waals surface area contributed by atoms with Crippen LogP contribution in [0, 0.1) is 0 Å². The molecule has 0 saturated heterocycles. The highest BCUT2D eigenvalue weighted by molar-refractivity contribution is 7.88. The first kappa shape index (κ1) is 16.5. The first-order chi connectivity index (χ1) is 9.05. The molecule has 0 heterocycles. The van der Waals surface area contributed by atoms with Crippen LogP contribution in [0.1, 0.15) is 31.9 Å². The maximum atomic E-state index is 11.5. The molecule has 1 amide bonds. The van der Waals surface area contributed by atoms with Crippen molar-refractivity contribution in [3.05, 3.63) is 35.4 Å². The van der Waals surface area contributed by atoms with Gasteiger partial charge in [0.05, 0.1) is 5.75 Å². The van der Waals surface area contributed by atoms with E-state index in [9.17, 15) is 13.2 Å². The summed E-state index contributed by atoms with van der Waals surface area (Å²) >= 11 is 0. The zero-order valence-corrected chi connectivity index (χ0v) is 12.7. The molecule has 0 aromatic heterocycles. The summed E-state index contributed by atoms with van der Waals surface area (Å²) in [6.45, 7) is 5.59. The Morgan fingerprint density at radius 1 is 1.30 bits per heavy atom. The van der Waals surface area contributed by atoms with Crippen molar-refractivity contribution in [3.63, 3.8) is 0 Å². The largest absolute Gasteiger partial charge is 0.444 e. The van der Waals surface area contributed by atoms with E-state index in [0.29, 0.717) is 5.56 Å². The van der Waals surface area contributed by atoms with E-state index < -0.39 is 21.7 Å². The van der Waals surface area contributed by atoms with Crippen LogP contribution in [0.15, 0.2) is 24.3 Å². The first-order valence-corrected chi connectivity index (χ1v) is 7.82. The molecule has 7 heteroatoms. The van der Waals surface area contributed by atoms with Crippen LogP contribution in [-0.4, -0.2) is 20.1 Å². The van der Waals surface area contributed by atoms with Gasteiger partial charge in [-0.15, -0.1) is 0 Å². The van der Waals surface area contributed by atoms with Crippen LogP contribution >= 0.6 is 0 Å². The third kappa shape index (κ3) is 7.10. The molecule has 20 heavy (non-hydrogen) atoms. The lowest BCUT2D eigenvalue weighted by Crippen LogP contribution is -2.32. The summed E-state index contributed by atoms with van der Waals surface area (Å²) < 4.78 is 27.1. The zero-order chi connectivity index (χ0) is 15.4. The van der Waals surface area contributed by atoms with Gasteiger partial charge < -0.3 is 10.1 Å². The van der Waals surface area contributed by atoms with Crippen LogP contribution in [0.3, 0.4) is 0 Å². The molecule has 0 aliphatic carbocycles. The number of amides is 1. The van der Waals surface area contributed by atoms with Gasteiger partial charge in [0.2, 0.25) is 10.0 Å². The molecule has 0 fully saturated rings. The van der Waals surface area contributed by atoms with Gasteiger partial charge in [-0.05, 0) is 31.9 Å². The lowest BCUT2D eigenvalue weighted by molar-refractivity contribution is 0.0523. The SMILES string of the molecule is CC(C)(C)OC(=O)NCc1cccc(CS(N)(=O)=O)c1. The van der Waals surface area contributed by atoms with Crippen LogP contribution < -0.4 is 10.5 Å². The van der Waals surface area contributed by atoms with E-state index >= 15 is 0 Å². The summed E-state index contributed by atoms with van der Waals surface area (Å²) in [5.74, 6) is -0.229. The molecule has 0 atom stereocenters. The normalized spacial score (nSPS) is 12.0. The maximum absolute atomic E-state index is 11.5. The standard InChI is InChI=1S/C13H20N2O4S/c1-13(2,3)19-12(16)15-8-10-5-4-6-11(7-10)9-20(14,17)18/h4-7H,8-9H2,1-3H3,(H,15,16)(H2,14,17,18). The molecule has 1 aromatic rings. The van der Waals surface area contributed by atoms with Gasteiger partial charge in [0, 0.05) is 6.54 Å². The number of ether oxygens (including phenoxy) is 1. The van der Waals surface area contributed by atoms with E-state index in [0.717, 1.165) is 5.56 Å². The Labute approximate surface area is 119 Å². The molecule has 6 nitrogen and oxygen atoms in total. The fourth-order valence-corrected chi connectivity index (χ4v) is 2.19. The third-order valence-corrected chi connectivity index (χ3v) is 2.93. The second-order valence-corrected chi connectivity index (χ2v) is 7.10. The summed E-state index contributed by atoms with van der Waals surface area (Å²) in [6.07, 6.45) is -0.519. The molecule has 0 aliphatic rings. The molecular weight excluding hydrogens is 280 g/mol. The minimum absolute atomic E-state index is 0.229. The Kier molecular flexibility index (Phi) is 5.13. The van der Waals surface area contributed by atoms with E-state index in [-0.39, 0.29) is 12.3 Å². The average Bonchev–Trinajstić information content (AvgIpc) is 2.22. The Hall–Kier alpha value is -1.60. The van der Waals surface area contributed by atoms with Crippen LogP contribution in [0.5, 0.6) is 0 Å². The molecule has 0 radical (unpaired) electrons. The highest BCUT2D eigenvalue weighted by Gasteiger charge is 2.15. The molecule has 1 aromatic carbocycles. The number of rotatable bonds is 4. The molecule has 0 bridgehead atoms. The number of benzene rings is 1. The number of carbonyl (C=O) groups is 1. The third-order valence-electron chi connectivity index (χ3n) is 2.19. The summed E-state index contributed by atoms with van der Waals surface area (Å²) in [7, 11) is -3.56. The Balaban J connectivity index is 2.61. The van der Waals surface area contributed by atoms with Gasteiger partial charge in [-0.3, -0.25) is 0 Å². The topological polar surface area (TPSA) is 98.5 Å². The molecule has 112 valence electrons. The minimum Gasteiger partial charge on any atom is -0.444 e. The van der Waals surface area contributed by atoms with Crippen LogP contribution in [0.2, 0.25) is 0 Å². The number of primary sulfonamides is 1. The van der Waals surface area contributed by atoms with E-state index in [1.807, 2.05) is 0 Å². The van der Waals surface area contributed by atoms with Crippen molar-refractivity contribution in [2.24, 2.45) is 5.14 Å². The van der Waals surface area contributed by atoms with Crippen molar-refractivity contribution in [2.75, 3.05) is 0 Å². The maximum Gasteiger partial charge on any atom is 0.407 e. The molecule has 3 N–H and O–H groups in total. The van der Waals surface area contributed by atoms with Gasteiger partial charge >= 0.3 is 6.09 Å². The number of sulfonamides is 1. The average molecular weight is 300 g/mol. The van der Waals surface area contributed by atoms with Crippen LogP contribution in [0.25, 0.3) is 0 Å². The van der Waals surface area contributed by atoms with Gasteiger partial charge in [0.25, 0.3) is 0 Å². The van der Waals surface area contributed by atoms with Gasteiger partial charge in [-0.25, -0.2) is 18.4 Å². The van der Waals surface area contributed by atoms with Crippen molar-refractivity contribution in [2.45, 2.75) is 38.7 Å². The lowest BCUT2D eigenvalue weighted by atomic mass is 10.1. The van der Waals surface area contributed by atoms with Crippen LogP contribution in [-0.2, 0) is 27.1 Å². The van der Waals surface area contributed by atoms with Crippen molar-refractivity contribution in [1.82, 2.24) is 5.32 Å². The number of hydrogen-bond acceptors (Lipinski definition) is 4. The van der Waals surface area contributed by atoms with Crippen LogP contribution in [0.4, 0.5) is 4.79 Å². The van der Waals surface area contributed by atoms with Gasteiger partial charge in [0.15, 0.2) is 0 Å². The predicted octanol–water partition coefficient (Wildman–Crippen LogP) is 1.50. The molecule has 0 saturated carbocycles. The van der Waals surface area contributed by atoms with Crippen molar-refractivity contribution in [3.8, 4) is 0 Å². The number of alkyl carbamates (subject to hydrolysis) is 1. The summed E-state index contributed by atoms with van der Waals surface area (Å²) in [5.41, 5.74) is 0.799. The second-order valence-electron chi connectivity index (χ2n) is 5.48. The summed E-state index contributed by atoms with van der Waals surface area (Å²) in [5, 5.41) is 7.60. The first-order valence-electron chi connectivity index (χ1n) is 6.10. The van der Waals surface area contributed by atoms with Gasteiger partial charge in [0.1, 0.15) is 5.60 Å². The summed E-state index contributed by atoms with van der Waals surface area (Å²) in [6, 6.07) is 6.85. The lowest BCUT2D eigenvalue weighted by Gasteiger charge is -2.19. The second kappa shape index (κ2) is 6.23. The summed E-state index contributed by atoms with van der Waals surface area (Å²) in [4.78, 5) is 11.5.